The molecule has 108 valence electrons. The minimum absolute atomic E-state index is 0.313. The predicted octanol–water partition coefficient (Wildman–Crippen LogP) is 2.78. The smallest absolute Gasteiger partial charge is 0.319 e. The van der Waals surface area contributed by atoms with E-state index in [0.717, 1.165) is 11.1 Å². The van der Waals surface area contributed by atoms with Crippen LogP contribution in [0, 0.1) is 5.82 Å². The Morgan fingerprint density at radius 1 is 1.19 bits per heavy atom. The summed E-state index contributed by atoms with van der Waals surface area (Å²) in [5, 5.41) is 5.31. The van der Waals surface area contributed by atoms with E-state index in [1.165, 1.54) is 24.3 Å². The van der Waals surface area contributed by atoms with Crippen LogP contribution in [-0.2, 0) is 6.54 Å². The van der Waals surface area contributed by atoms with Gasteiger partial charge in [0.2, 0.25) is 0 Å². The fraction of sp³-hybridized carbons (Fsp3) is 0.0667. The molecular weight excluding hydrogens is 289 g/mol. The topological polar surface area (TPSA) is 67.1 Å². The molecule has 0 fully saturated rings. The van der Waals surface area contributed by atoms with Gasteiger partial charge in [0.25, 0.3) is 0 Å². The van der Waals surface area contributed by atoms with Gasteiger partial charge in [-0.25, -0.2) is 9.18 Å². The second kappa shape index (κ2) is 6.81. The van der Waals surface area contributed by atoms with Crippen LogP contribution in [0.1, 0.15) is 11.1 Å². The molecule has 4 N–H and O–H groups in total. The standard InChI is InChI=1S/C15H14FN3OS/c16-12-4-6-13(7-5-12)19-15(20)18-9-10-2-1-3-11(8-10)14(17)21/h1-8H,9H2,(H2,17,21)(H2,18,19,20). The van der Waals surface area contributed by atoms with Crippen molar-refractivity contribution in [2.75, 3.05) is 5.32 Å². The number of carbonyl (C=O) groups excluding carboxylic acids is 1. The lowest BCUT2D eigenvalue weighted by Gasteiger charge is -2.08. The lowest BCUT2D eigenvalue weighted by atomic mass is 10.1. The number of nitrogens with one attached hydrogen (secondary N) is 2. The van der Waals surface area contributed by atoms with Crippen LogP contribution in [0.4, 0.5) is 14.9 Å². The van der Waals surface area contributed by atoms with Gasteiger partial charge in [0, 0.05) is 17.8 Å². The summed E-state index contributed by atoms with van der Waals surface area (Å²) in [5.74, 6) is -0.351. The van der Waals surface area contributed by atoms with E-state index in [4.69, 9.17) is 18.0 Å². The van der Waals surface area contributed by atoms with E-state index in [1.807, 2.05) is 24.3 Å². The molecule has 2 aromatic carbocycles. The van der Waals surface area contributed by atoms with Crippen molar-refractivity contribution in [3.63, 3.8) is 0 Å². The largest absolute Gasteiger partial charge is 0.389 e. The lowest BCUT2D eigenvalue weighted by Crippen LogP contribution is -2.28. The number of hydrogen-bond donors (Lipinski definition) is 3. The molecule has 2 amide bonds. The molecule has 0 spiro atoms. The fourth-order valence-corrected chi connectivity index (χ4v) is 1.85. The maximum Gasteiger partial charge on any atom is 0.319 e. The molecule has 0 saturated carbocycles. The minimum Gasteiger partial charge on any atom is -0.389 e. The van der Waals surface area contributed by atoms with Crippen molar-refractivity contribution >= 4 is 28.9 Å². The summed E-state index contributed by atoms with van der Waals surface area (Å²) in [4.78, 5) is 12.0. The Bertz CT molecular complexity index is 658. The summed E-state index contributed by atoms with van der Waals surface area (Å²) in [7, 11) is 0. The zero-order chi connectivity index (χ0) is 15.2. The first-order valence-electron chi connectivity index (χ1n) is 6.24. The van der Waals surface area contributed by atoms with Crippen molar-refractivity contribution in [3.05, 3.63) is 65.5 Å². The first-order chi connectivity index (χ1) is 10.0. The van der Waals surface area contributed by atoms with Crippen LogP contribution in [0.15, 0.2) is 48.5 Å². The number of carbonyl (C=O) groups is 1. The number of hydrogen-bond acceptors (Lipinski definition) is 2. The van der Waals surface area contributed by atoms with Gasteiger partial charge in [0.15, 0.2) is 0 Å². The van der Waals surface area contributed by atoms with Crippen molar-refractivity contribution in [2.45, 2.75) is 6.54 Å². The zero-order valence-corrected chi connectivity index (χ0v) is 11.9. The van der Waals surface area contributed by atoms with E-state index in [2.05, 4.69) is 10.6 Å². The van der Waals surface area contributed by atoms with Gasteiger partial charge in [-0.05, 0) is 35.9 Å². The molecule has 0 unspecified atom stereocenters. The molecule has 2 aromatic rings. The highest BCUT2D eigenvalue weighted by Gasteiger charge is 2.03. The van der Waals surface area contributed by atoms with Gasteiger partial charge < -0.3 is 16.4 Å². The SMILES string of the molecule is NC(=S)c1cccc(CNC(=O)Nc2ccc(F)cc2)c1. The summed E-state index contributed by atoms with van der Waals surface area (Å²) in [6.07, 6.45) is 0. The van der Waals surface area contributed by atoms with Crippen LogP contribution < -0.4 is 16.4 Å². The minimum atomic E-state index is -0.373. The molecule has 0 radical (unpaired) electrons. The van der Waals surface area contributed by atoms with Crippen LogP contribution in [0.3, 0.4) is 0 Å². The Morgan fingerprint density at radius 3 is 2.57 bits per heavy atom. The average molecular weight is 303 g/mol. The monoisotopic (exact) mass is 303 g/mol. The molecule has 0 heterocycles. The Hall–Kier alpha value is -2.47. The van der Waals surface area contributed by atoms with Crippen LogP contribution in [0.25, 0.3) is 0 Å². The Balaban J connectivity index is 1.90. The van der Waals surface area contributed by atoms with E-state index in [0.29, 0.717) is 17.2 Å². The van der Waals surface area contributed by atoms with Gasteiger partial charge >= 0.3 is 6.03 Å². The summed E-state index contributed by atoms with van der Waals surface area (Å²) in [6.45, 7) is 0.337. The molecule has 0 aromatic heterocycles. The van der Waals surface area contributed by atoms with Gasteiger partial charge in [-0.2, -0.15) is 0 Å². The third-order valence-electron chi connectivity index (χ3n) is 2.77. The lowest BCUT2D eigenvalue weighted by molar-refractivity contribution is 0.251. The van der Waals surface area contributed by atoms with E-state index in [9.17, 15) is 9.18 Å². The first kappa shape index (κ1) is 14.9. The summed E-state index contributed by atoms with van der Waals surface area (Å²) in [5.41, 5.74) is 7.71. The highest BCUT2D eigenvalue weighted by atomic mass is 32.1. The molecule has 0 aliphatic heterocycles. The van der Waals surface area contributed by atoms with Gasteiger partial charge in [-0.3, -0.25) is 0 Å². The Morgan fingerprint density at radius 2 is 1.90 bits per heavy atom. The maximum absolute atomic E-state index is 12.7. The maximum atomic E-state index is 12.7. The molecule has 0 aliphatic rings. The quantitative estimate of drug-likeness (QED) is 0.761. The van der Waals surface area contributed by atoms with Crippen LogP contribution >= 0.6 is 12.2 Å². The van der Waals surface area contributed by atoms with E-state index >= 15 is 0 Å². The Kier molecular flexibility index (Phi) is 4.84. The van der Waals surface area contributed by atoms with E-state index in [-0.39, 0.29) is 11.8 Å². The number of benzene rings is 2. The number of rotatable bonds is 4. The van der Waals surface area contributed by atoms with Crippen LogP contribution in [0.5, 0.6) is 0 Å². The molecular formula is C15H14FN3OS. The highest BCUT2D eigenvalue weighted by Crippen LogP contribution is 2.08. The van der Waals surface area contributed by atoms with Crippen LogP contribution in [0.2, 0.25) is 0 Å². The summed E-state index contributed by atoms with van der Waals surface area (Å²) < 4.78 is 12.7. The normalized spacial score (nSPS) is 9.95. The number of amides is 2. The summed E-state index contributed by atoms with van der Waals surface area (Å²) >= 11 is 4.90. The molecule has 0 atom stereocenters. The number of anilines is 1. The molecule has 21 heavy (non-hydrogen) atoms. The third-order valence-corrected chi connectivity index (χ3v) is 3.00. The molecule has 4 nitrogen and oxygen atoms in total. The number of nitrogens with two attached hydrogens (primary N) is 1. The third kappa shape index (κ3) is 4.54. The van der Waals surface area contributed by atoms with Gasteiger partial charge in [-0.15, -0.1) is 0 Å². The average Bonchev–Trinajstić information content (AvgIpc) is 2.48. The number of halogens is 1. The van der Waals surface area contributed by atoms with Gasteiger partial charge in [0.1, 0.15) is 10.8 Å². The summed E-state index contributed by atoms with van der Waals surface area (Å²) in [6, 6.07) is 12.5. The van der Waals surface area contributed by atoms with Gasteiger partial charge in [-0.1, -0.05) is 30.4 Å². The van der Waals surface area contributed by atoms with Crippen molar-refractivity contribution in [1.29, 1.82) is 0 Å². The van der Waals surface area contributed by atoms with Crippen LogP contribution in [-0.4, -0.2) is 11.0 Å². The van der Waals surface area contributed by atoms with Gasteiger partial charge in [0.05, 0.1) is 0 Å². The second-order valence-electron chi connectivity index (χ2n) is 4.38. The van der Waals surface area contributed by atoms with E-state index in [1.54, 1.807) is 0 Å². The first-order valence-corrected chi connectivity index (χ1v) is 6.64. The fourth-order valence-electron chi connectivity index (χ4n) is 1.73. The molecule has 0 bridgehead atoms. The van der Waals surface area contributed by atoms with Crippen molar-refractivity contribution in [1.82, 2.24) is 5.32 Å². The van der Waals surface area contributed by atoms with Crippen molar-refractivity contribution in [2.24, 2.45) is 5.73 Å². The molecule has 6 heteroatoms. The second-order valence-corrected chi connectivity index (χ2v) is 4.82. The number of urea groups is 1. The molecule has 0 aliphatic carbocycles. The highest BCUT2D eigenvalue weighted by molar-refractivity contribution is 7.80. The predicted molar refractivity (Wildman–Crippen MR) is 84.6 cm³/mol. The zero-order valence-electron chi connectivity index (χ0n) is 11.1. The molecule has 0 saturated heterocycles. The molecule has 2 rings (SSSR count). The van der Waals surface area contributed by atoms with E-state index < -0.39 is 0 Å². The van der Waals surface area contributed by atoms with Crippen molar-refractivity contribution in [3.8, 4) is 0 Å². The van der Waals surface area contributed by atoms with Crippen molar-refractivity contribution < 1.29 is 9.18 Å². The number of thiocarbonyl (C=S) groups is 1. The Labute approximate surface area is 127 Å².